The van der Waals surface area contributed by atoms with Crippen LogP contribution in [-0.4, -0.2) is 30.0 Å². The van der Waals surface area contributed by atoms with E-state index in [1.165, 1.54) is 0 Å². The van der Waals surface area contributed by atoms with Crippen molar-refractivity contribution in [1.29, 1.82) is 0 Å². The molecular formula is C15H21NO2. The quantitative estimate of drug-likeness (QED) is 0.804. The Bertz CT molecular complexity index is 408. The van der Waals surface area contributed by atoms with Crippen LogP contribution in [0.3, 0.4) is 0 Å². The highest BCUT2D eigenvalue weighted by Gasteiger charge is 2.33. The van der Waals surface area contributed by atoms with Crippen molar-refractivity contribution in [2.75, 3.05) is 13.1 Å². The maximum atomic E-state index is 12.1. The molecule has 1 aliphatic rings. The van der Waals surface area contributed by atoms with Gasteiger partial charge in [-0.05, 0) is 12.1 Å². The Morgan fingerprint density at radius 2 is 1.94 bits per heavy atom. The van der Waals surface area contributed by atoms with Crippen LogP contribution in [0.4, 0.5) is 0 Å². The van der Waals surface area contributed by atoms with Crippen LogP contribution in [-0.2, 0) is 4.79 Å². The maximum absolute atomic E-state index is 12.1. The molecule has 1 aromatic rings. The summed E-state index contributed by atoms with van der Waals surface area (Å²) in [5, 5.41) is 0. The molecule has 1 aromatic carbocycles. The van der Waals surface area contributed by atoms with Gasteiger partial charge in [-0.25, -0.2) is 0 Å². The van der Waals surface area contributed by atoms with E-state index in [1.807, 2.05) is 56.0 Å². The monoisotopic (exact) mass is 247 g/mol. The molecule has 1 atom stereocenters. The molecule has 2 rings (SSSR count). The van der Waals surface area contributed by atoms with Crippen LogP contribution in [0.15, 0.2) is 30.3 Å². The highest BCUT2D eigenvalue weighted by molar-refractivity contribution is 5.81. The molecule has 0 spiro atoms. The molecule has 3 nitrogen and oxygen atoms in total. The normalized spacial score (nSPS) is 19.9. The van der Waals surface area contributed by atoms with Gasteiger partial charge in [-0.15, -0.1) is 0 Å². The molecular weight excluding hydrogens is 226 g/mol. The highest BCUT2D eigenvalue weighted by Crippen LogP contribution is 2.23. The summed E-state index contributed by atoms with van der Waals surface area (Å²) in [6.07, 6.45) is 1.04. The second-order valence-corrected chi connectivity index (χ2v) is 5.84. The number of hydrogen-bond donors (Lipinski definition) is 0. The fourth-order valence-electron chi connectivity index (χ4n) is 2.17. The molecule has 0 bridgehead atoms. The Morgan fingerprint density at radius 1 is 1.28 bits per heavy atom. The first-order valence-corrected chi connectivity index (χ1v) is 6.48. The number of amides is 1. The van der Waals surface area contributed by atoms with Crippen molar-refractivity contribution < 1.29 is 9.53 Å². The molecule has 1 saturated heterocycles. The van der Waals surface area contributed by atoms with E-state index in [9.17, 15) is 4.79 Å². The maximum Gasteiger partial charge on any atom is 0.228 e. The summed E-state index contributed by atoms with van der Waals surface area (Å²) in [6, 6.07) is 9.80. The van der Waals surface area contributed by atoms with Crippen LogP contribution in [0.2, 0.25) is 0 Å². The Labute approximate surface area is 109 Å². The standard InChI is InChI=1S/C15H21NO2/c1-15(2,3)14(17)16-10-9-13(11-16)18-12-7-5-4-6-8-12/h4-8,13H,9-11H2,1-3H3. The lowest BCUT2D eigenvalue weighted by Crippen LogP contribution is -2.38. The summed E-state index contributed by atoms with van der Waals surface area (Å²) in [7, 11) is 0. The number of rotatable bonds is 2. The van der Waals surface area contributed by atoms with Crippen LogP contribution in [0.25, 0.3) is 0 Å². The number of hydrogen-bond acceptors (Lipinski definition) is 2. The topological polar surface area (TPSA) is 29.5 Å². The number of carbonyl (C=O) groups excluding carboxylic acids is 1. The zero-order valence-electron chi connectivity index (χ0n) is 11.3. The van der Waals surface area contributed by atoms with Gasteiger partial charge >= 0.3 is 0 Å². The highest BCUT2D eigenvalue weighted by atomic mass is 16.5. The first kappa shape index (κ1) is 12.9. The first-order valence-electron chi connectivity index (χ1n) is 6.48. The lowest BCUT2D eigenvalue weighted by atomic mass is 9.95. The van der Waals surface area contributed by atoms with E-state index in [1.54, 1.807) is 0 Å². The smallest absolute Gasteiger partial charge is 0.228 e. The van der Waals surface area contributed by atoms with E-state index in [-0.39, 0.29) is 17.4 Å². The van der Waals surface area contributed by atoms with Crippen molar-refractivity contribution in [3.05, 3.63) is 30.3 Å². The molecule has 0 N–H and O–H groups in total. The summed E-state index contributed by atoms with van der Waals surface area (Å²) in [4.78, 5) is 14.0. The Balaban J connectivity index is 1.91. The minimum Gasteiger partial charge on any atom is -0.489 e. The number of carbonyl (C=O) groups is 1. The molecule has 1 amide bonds. The third kappa shape index (κ3) is 3.03. The summed E-state index contributed by atoms with van der Waals surface area (Å²) in [5.41, 5.74) is -0.304. The van der Waals surface area contributed by atoms with Crippen LogP contribution in [0.5, 0.6) is 5.75 Å². The number of likely N-dealkylation sites (tertiary alicyclic amines) is 1. The number of benzene rings is 1. The Hall–Kier alpha value is -1.51. The Kier molecular flexibility index (Phi) is 3.60. The van der Waals surface area contributed by atoms with Gasteiger partial charge in [-0.2, -0.15) is 0 Å². The molecule has 18 heavy (non-hydrogen) atoms. The molecule has 1 heterocycles. The average molecular weight is 247 g/mol. The van der Waals surface area contributed by atoms with Gasteiger partial charge in [0.05, 0.1) is 6.54 Å². The van der Waals surface area contributed by atoms with Gasteiger partial charge in [0.2, 0.25) is 5.91 Å². The summed E-state index contributed by atoms with van der Waals surface area (Å²) < 4.78 is 5.87. The van der Waals surface area contributed by atoms with Gasteiger partial charge in [0.1, 0.15) is 11.9 Å². The van der Waals surface area contributed by atoms with Crippen LogP contribution < -0.4 is 4.74 Å². The third-order valence-electron chi connectivity index (χ3n) is 3.12. The molecule has 1 fully saturated rings. The van der Waals surface area contributed by atoms with Crippen molar-refractivity contribution in [3.8, 4) is 5.75 Å². The molecule has 0 aromatic heterocycles. The zero-order chi connectivity index (χ0) is 13.2. The lowest BCUT2D eigenvalue weighted by molar-refractivity contribution is -0.138. The van der Waals surface area contributed by atoms with Gasteiger partial charge in [0.25, 0.3) is 0 Å². The number of para-hydroxylation sites is 1. The van der Waals surface area contributed by atoms with Gasteiger partial charge in [-0.3, -0.25) is 4.79 Å². The SMILES string of the molecule is CC(C)(C)C(=O)N1CCC(Oc2ccccc2)C1. The van der Waals surface area contributed by atoms with Gasteiger partial charge in [0.15, 0.2) is 0 Å². The predicted octanol–water partition coefficient (Wildman–Crippen LogP) is 2.71. The Morgan fingerprint density at radius 3 is 2.56 bits per heavy atom. The third-order valence-corrected chi connectivity index (χ3v) is 3.12. The summed E-state index contributed by atoms with van der Waals surface area (Å²) in [6.45, 7) is 7.38. The molecule has 3 heteroatoms. The second kappa shape index (κ2) is 5.01. The molecule has 0 saturated carbocycles. The van der Waals surface area contributed by atoms with Crippen molar-refractivity contribution in [1.82, 2.24) is 4.90 Å². The first-order chi connectivity index (χ1) is 8.47. The molecule has 0 radical (unpaired) electrons. The number of ether oxygens (including phenoxy) is 1. The van der Waals surface area contributed by atoms with Crippen LogP contribution in [0, 0.1) is 5.41 Å². The summed E-state index contributed by atoms with van der Waals surface area (Å²) in [5.74, 6) is 1.09. The van der Waals surface area contributed by atoms with Crippen molar-refractivity contribution >= 4 is 5.91 Å². The largest absolute Gasteiger partial charge is 0.489 e. The van der Waals surface area contributed by atoms with Crippen molar-refractivity contribution in [2.24, 2.45) is 5.41 Å². The number of nitrogens with zero attached hydrogens (tertiary/aromatic N) is 1. The van der Waals surface area contributed by atoms with Crippen LogP contribution in [0.1, 0.15) is 27.2 Å². The van der Waals surface area contributed by atoms with Gasteiger partial charge in [-0.1, -0.05) is 39.0 Å². The van der Waals surface area contributed by atoms with E-state index in [0.29, 0.717) is 6.54 Å². The average Bonchev–Trinajstić information content (AvgIpc) is 2.76. The van der Waals surface area contributed by atoms with Crippen molar-refractivity contribution in [2.45, 2.75) is 33.3 Å². The second-order valence-electron chi connectivity index (χ2n) is 5.84. The molecule has 98 valence electrons. The van der Waals surface area contributed by atoms with E-state index in [0.717, 1.165) is 18.7 Å². The minimum absolute atomic E-state index is 0.124. The van der Waals surface area contributed by atoms with Gasteiger partial charge in [0, 0.05) is 18.4 Å². The van der Waals surface area contributed by atoms with Gasteiger partial charge < -0.3 is 9.64 Å². The zero-order valence-corrected chi connectivity index (χ0v) is 11.3. The molecule has 1 unspecified atom stereocenters. The molecule has 0 aliphatic carbocycles. The summed E-state index contributed by atoms with van der Waals surface area (Å²) >= 11 is 0. The fraction of sp³-hybridized carbons (Fsp3) is 0.533. The molecule has 1 aliphatic heterocycles. The minimum atomic E-state index is -0.304. The van der Waals surface area contributed by atoms with E-state index in [2.05, 4.69) is 0 Å². The fourth-order valence-corrected chi connectivity index (χ4v) is 2.17. The predicted molar refractivity (Wildman–Crippen MR) is 71.5 cm³/mol. The van der Waals surface area contributed by atoms with Crippen LogP contribution >= 0.6 is 0 Å². The van der Waals surface area contributed by atoms with E-state index < -0.39 is 0 Å². The van der Waals surface area contributed by atoms with E-state index >= 15 is 0 Å². The van der Waals surface area contributed by atoms with E-state index in [4.69, 9.17) is 4.74 Å². The lowest BCUT2D eigenvalue weighted by Gasteiger charge is -2.25. The van der Waals surface area contributed by atoms with Crippen molar-refractivity contribution in [3.63, 3.8) is 0 Å².